The third kappa shape index (κ3) is 6.09. The molecular weight excluding hydrogens is 482 g/mol. The van der Waals surface area contributed by atoms with Crippen molar-refractivity contribution in [2.45, 2.75) is 13.5 Å². The highest BCUT2D eigenvalue weighted by atomic mass is 16.6. The topological polar surface area (TPSA) is 154 Å². The number of hydrogen-bond acceptors (Lipinski definition) is 8. The second-order valence-electron chi connectivity index (χ2n) is 7.72. The van der Waals surface area contributed by atoms with Crippen molar-refractivity contribution in [3.05, 3.63) is 99.3 Å². The zero-order valence-corrected chi connectivity index (χ0v) is 19.5. The Balaban J connectivity index is 1.40. The molecule has 0 aliphatic heterocycles. The maximum absolute atomic E-state index is 12.4. The number of ether oxygens (including phenoxy) is 2. The van der Waals surface area contributed by atoms with Crippen LogP contribution in [-0.2, 0) is 6.61 Å². The fraction of sp³-hybridized carbons (Fsp3) is 0.115. The molecule has 1 amide bonds. The van der Waals surface area contributed by atoms with Crippen LogP contribution >= 0.6 is 0 Å². The Labute approximate surface area is 210 Å². The highest BCUT2D eigenvalue weighted by molar-refractivity contribution is 5.97. The second kappa shape index (κ2) is 11.0. The Morgan fingerprint density at radius 1 is 1.05 bits per heavy atom. The number of carboxylic acid groups (broad SMARTS) is 1. The van der Waals surface area contributed by atoms with Crippen LogP contribution in [-0.4, -0.2) is 34.7 Å². The van der Waals surface area contributed by atoms with E-state index >= 15 is 0 Å². The van der Waals surface area contributed by atoms with Crippen LogP contribution in [0.3, 0.4) is 0 Å². The molecule has 0 saturated heterocycles. The van der Waals surface area contributed by atoms with Gasteiger partial charge in [-0.05, 0) is 60.5 Å². The second-order valence-corrected chi connectivity index (χ2v) is 7.72. The number of benzene rings is 3. The van der Waals surface area contributed by atoms with Gasteiger partial charge in [-0.3, -0.25) is 14.9 Å². The lowest BCUT2D eigenvalue weighted by Gasteiger charge is -2.12. The Bertz CT molecular complexity index is 1490. The standard InChI is InChI=1S/C26H21N3O8/c1-2-35-23-11-17(5-9-22(23)36-15-16-3-6-18(7-4-16)26(31)32)14-27-28-25(30)24-13-19-12-20(29(33)34)8-10-21(19)37-24/h3-14H,2,15H2,1H3,(H,28,30)(H,31,32). The van der Waals surface area contributed by atoms with Gasteiger partial charge in [0, 0.05) is 17.5 Å². The predicted molar refractivity (Wildman–Crippen MR) is 133 cm³/mol. The summed E-state index contributed by atoms with van der Waals surface area (Å²) in [7, 11) is 0. The molecule has 1 heterocycles. The highest BCUT2D eigenvalue weighted by Gasteiger charge is 2.15. The molecule has 0 aliphatic rings. The van der Waals surface area contributed by atoms with Crippen molar-refractivity contribution in [1.82, 2.24) is 5.43 Å². The predicted octanol–water partition coefficient (Wildman–Crippen LogP) is 4.78. The van der Waals surface area contributed by atoms with E-state index < -0.39 is 16.8 Å². The zero-order chi connectivity index (χ0) is 26.4. The number of furan rings is 1. The summed E-state index contributed by atoms with van der Waals surface area (Å²) in [5.41, 5.74) is 4.21. The SMILES string of the molecule is CCOc1cc(C=NNC(=O)c2cc3cc([N+](=O)[O-])ccc3o2)ccc1OCc1ccc(C(=O)O)cc1. The minimum Gasteiger partial charge on any atom is -0.490 e. The molecule has 4 aromatic rings. The number of nitro groups is 1. The molecule has 2 N–H and O–H groups in total. The van der Waals surface area contributed by atoms with Gasteiger partial charge in [0.1, 0.15) is 12.2 Å². The van der Waals surface area contributed by atoms with E-state index in [9.17, 15) is 19.7 Å². The van der Waals surface area contributed by atoms with Crippen molar-refractivity contribution < 1.29 is 33.5 Å². The van der Waals surface area contributed by atoms with Crippen molar-refractivity contribution >= 4 is 34.7 Å². The lowest BCUT2D eigenvalue weighted by Crippen LogP contribution is -2.16. The molecule has 4 rings (SSSR count). The number of nitro benzene ring substituents is 1. The van der Waals surface area contributed by atoms with Gasteiger partial charge in [-0.1, -0.05) is 12.1 Å². The Kier molecular flexibility index (Phi) is 7.43. The molecule has 11 heteroatoms. The molecule has 0 bridgehead atoms. The number of aromatic carboxylic acids is 1. The Hall–Kier alpha value is -5.19. The number of carbonyl (C=O) groups excluding carboxylic acids is 1. The lowest BCUT2D eigenvalue weighted by molar-refractivity contribution is -0.384. The van der Waals surface area contributed by atoms with Crippen molar-refractivity contribution in [3.63, 3.8) is 0 Å². The summed E-state index contributed by atoms with van der Waals surface area (Å²) in [5.74, 6) is -0.694. The molecule has 1 aromatic heterocycles. The first-order chi connectivity index (χ1) is 17.8. The van der Waals surface area contributed by atoms with Crippen LogP contribution in [0.5, 0.6) is 11.5 Å². The summed E-state index contributed by atoms with van der Waals surface area (Å²) in [6.45, 7) is 2.44. The maximum atomic E-state index is 12.4. The minimum absolute atomic E-state index is 0.0391. The van der Waals surface area contributed by atoms with E-state index in [1.807, 2.05) is 6.92 Å². The summed E-state index contributed by atoms with van der Waals surface area (Å²) in [4.78, 5) is 33.8. The van der Waals surface area contributed by atoms with Gasteiger partial charge in [0.15, 0.2) is 17.3 Å². The molecule has 188 valence electrons. The van der Waals surface area contributed by atoms with E-state index in [1.54, 1.807) is 30.3 Å². The first-order valence-corrected chi connectivity index (χ1v) is 11.1. The molecular formula is C26H21N3O8. The van der Waals surface area contributed by atoms with Crippen LogP contribution < -0.4 is 14.9 Å². The highest BCUT2D eigenvalue weighted by Crippen LogP contribution is 2.29. The van der Waals surface area contributed by atoms with Crippen LogP contribution in [0.4, 0.5) is 5.69 Å². The number of amides is 1. The third-order valence-electron chi connectivity index (χ3n) is 5.18. The quantitative estimate of drug-likeness (QED) is 0.178. The molecule has 0 radical (unpaired) electrons. The number of carbonyl (C=O) groups is 2. The van der Waals surface area contributed by atoms with Crippen LogP contribution in [0.2, 0.25) is 0 Å². The minimum atomic E-state index is -0.997. The average Bonchev–Trinajstić information content (AvgIpc) is 3.32. The number of nitrogens with one attached hydrogen (secondary N) is 1. The summed E-state index contributed by atoms with van der Waals surface area (Å²) >= 11 is 0. The number of fused-ring (bicyclic) bond motifs is 1. The van der Waals surface area contributed by atoms with E-state index in [4.69, 9.17) is 19.0 Å². The van der Waals surface area contributed by atoms with Crippen LogP contribution in [0.25, 0.3) is 11.0 Å². The third-order valence-corrected chi connectivity index (χ3v) is 5.18. The van der Waals surface area contributed by atoms with Gasteiger partial charge < -0.3 is 19.0 Å². The van der Waals surface area contributed by atoms with Crippen molar-refractivity contribution in [2.24, 2.45) is 5.10 Å². The largest absolute Gasteiger partial charge is 0.490 e. The molecule has 0 aliphatic carbocycles. The van der Waals surface area contributed by atoms with E-state index in [-0.39, 0.29) is 23.6 Å². The van der Waals surface area contributed by atoms with Gasteiger partial charge >= 0.3 is 11.9 Å². The summed E-state index contributed by atoms with van der Waals surface area (Å²) in [6, 6.07) is 16.9. The number of non-ortho nitro benzene ring substituents is 1. The smallest absolute Gasteiger partial charge is 0.335 e. The van der Waals surface area contributed by atoms with E-state index in [0.29, 0.717) is 34.6 Å². The summed E-state index contributed by atoms with van der Waals surface area (Å²) in [6.07, 6.45) is 1.42. The number of rotatable bonds is 10. The van der Waals surface area contributed by atoms with Crippen LogP contribution in [0.15, 0.2) is 76.2 Å². The molecule has 0 fully saturated rings. The Morgan fingerprint density at radius 2 is 1.84 bits per heavy atom. The number of hydrazone groups is 1. The molecule has 11 nitrogen and oxygen atoms in total. The van der Waals surface area contributed by atoms with E-state index in [2.05, 4.69) is 10.5 Å². The lowest BCUT2D eigenvalue weighted by atomic mass is 10.1. The molecule has 0 spiro atoms. The van der Waals surface area contributed by atoms with E-state index in [1.165, 1.54) is 42.6 Å². The maximum Gasteiger partial charge on any atom is 0.335 e. The summed E-state index contributed by atoms with van der Waals surface area (Å²) in [5, 5.41) is 24.3. The normalized spacial score (nSPS) is 10.9. The van der Waals surface area contributed by atoms with Gasteiger partial charge in [0.2, 0.25) is 0 Å². The first-order valence-electron chi connectivity index (χ1n) is 11.1. The van der Waals surface area contributed by atoms with Crippen molar-refractivity contribution in [3.8, 4) is 11.5 Å². The van der Waals surface area contributed by atoms with Crippen molar-refractivity contribution in [2.75, 3.05) is 6.61 Å². The molecule has 0 unspecified atom stereocenters. The van der Waals surface area contributed by atoms with Gasteiger partial charge in [-0.2, -0.15) is 5.10 Å². The van der Waals surface area contributed by atoms with Crippen molar-refractivity contribution in [1.29, 1.82) is 0 Å². The molecule has 0 atom stereocenters. The van der Waals surface area contributed by atoms with Gasteiger partial charge in [-0.25, -0.2) is 10.2 Å². The van der Waals surface area contributed by atoms with Gasteiger partial charge in [0.25, 0.3) is 5.69 Å². The Morgan fingerprint density at radius 3 is 2.54 bits per heavy atom. The van der Waals surface area contributed by atoms with E-state index in [0.717, 1.165) is 5.56 Å². The number of hydrogen-bond donors (Lipinski definition) is 2. The van der Waals surface area contributed by atoms with Crippen LogP contribution in [0.1, 0.15) is 39.0 Å². The molecule has 3 aromatic carbocycles. The number of nitrogens with zero attached hydrogens (tertiary/aromatic N) is 2. The summed E-state index contributed by atoms with van der Waals surface area (Å²) < 4.78 is 16.9. The van der Waals surface area contributed by atoms with Gasteiger partial charge in [-0.15, -0.1) is 0 Å². The van der Waals surface area contributed by atoms with Crippen LogP contribution in [0, 0.1) is 10.1 Å². The van der Waals surface area contributed by atoms with Gasteiger partial charge in [0.05, 0.1) is 23.3 Å². The zero-order valence-electron chi connectivity index (χ0n) is 19.5. The first kappa shape index (κ1) is 24.9. The number of carboxylic acids is 1. The fourth-order valence-corrected chi connectivity index (χ4v) is 3.37. The average molecular weight is 503 g/mol. The monoisotopic (exact) mass is 503 g/mol. The molecule has 0 saturated carbocycles. The molecule has 37 heavy (non-hydrogen) atoms. The fourth-order valence-electron chi connectivity index (χ4n) is 3.37.